The molecule has 2 atom stereocenters. The highest BCUT2D eigenvalue weighted by atomic mass is 16.5. The summed E-state index contributed by atoms with van der Waals surface area (Å²) in [5, 5.41) is 0. The summed E-state index contributed by atoms with van der Waals surface area (Å²) < 4.78 is 5.50. The van der Waals surface area contributed by atoms with Gasteiger partial charge in [-0.15, -0.1) is 0 Å². The van der Waals surface area contributed by atoms with Gasteiger partial charge in [0.05, 0.1) is 5.92 Å². The van der Waals surface area contributed by atoms with Gasteiger partial charge >= 0.3 is 5.97 Å². The number of cyclic esters (lactones) is 1. The Hall–Kier alpha value is -0.570. The lowest BCUT2D eigenvalue weighted by Crippen LogP contribution is -2.35. The fourth-order valence-corrected chi connectivity index (χ4v) is 3.12. The third kappa shape index (κ3) is 3.98. The van der Waals surface area contributed by atoms with Crippen LogP contribution in [0.4, 0.5) is 0 Å². The van der Waals surface area contributed by atoms with E-state index in [-0.39, 0.29) is 18.0 Å². The van der Waals surface area contributed by atoms with Gasteiger partial charge in [-0.1, -0.05) is 26.2 Å². The van der Waals surface area contributed by atoms with E-state index < -0.39 is 0 Å². The first kappa shape index (κ1) is 13.9. The van der Waals surface area contributed by atoms with Crippen molar-refractivity contribution in [2.45, 2.75) is 64.4 Å². The lowest BCUT2D eigenvalue weighted by atomic mass is 10.00. The molecule has 3 heteroatoms. The van der Waals surface area contributed by atoms with Crippen molar-refractivity contribution < 1.29 is 9.53 Å². The molecule has 0 N–H and O–H groups in total. The van der Waals surface area contributed by atoms with E-state index in [1.807, 2.05) is 0 Å². The van der Waals surface area contributed by atoms with Crippen LogP contribution in [0.25, 0.3) is 0 Å². The molecule has 0 aromatic carbocycles. The Balaban J connectivity index is 1.71. The zero-order valence-corrected chi connectivity index (χ0v) is 11.7. The zero-order valence-electron chi connectivity index (χ0n) is 11.7. The minimum absolute atomic E-state index is 0.0575. The van der Waals surface area contributed by atoms with Crippen molar-refractivity contribution in [3.8, 4) is 0 Å². The molecule has 0 radical (unpaired) electrons. The van der Waals surface area contributed by atoms with Gasteiger partial charge in [0, 0.05) is 6.54 Å². The van der Waals surface area contributed by atoms with Crippen LogP contribution < -0.4 is 0 Å². The van der Waals surface area contributed by atoms with Crippen LogP contribution >= 0.6 is 0 Å². The number of nitrogens with zero attached hydrogens (tertiary/aromatic N) is 1. The zero-order chi connectivity index (χ0) is 12.8. The molecule has 2 aliphatic heterocycles. The molecule has 0 aromatic rings. The largest absolute Gasteiger partial charge is 0.462 e. The second-order valence-corrected chi connectivity index (χ2v) is 5.85. The highest BCUT2D eigenvalue weighted by Crippen LogP contribution is 2.26. The van der Waals surface area contributed by atoms with E-state index in [0.717, 1.165) is 19.4 Å². The second kappa shape index (κ2) is 7.13. The highest BCUT2D eigenvalue weighted by Gasteiger charge is 2.35. The van der Waals surface area contributed by atoms with Crippen molar-refractivity contribution in [1.82, 2.24) is 4.90 Å². The van der Waals surface area contributed by atoms with Crippen LogP contribution in [0.2, 0.25) is 0 Å². The van der Waals surface area contributed by atoms with E-state index in [0.29, 0.717) is 0 Å². The topological polar surface area (TPSA) is 29.5 Å². The maximum Gasteiger partial charge on any atom is 0.310 e. The van der Waals surface area contributed by atoms with Crippen LogP contribution in [0.3, 0.4) is 0 Å². The Bertz CT molecular complexity index is 261. The molecule has 2 fully saturated rings. The van der Waals surface area contributed by atoms with Crippen LogP contribution in [-0.2, 0) is 9.53 Å². The fourth-order valence-electron chi connectivity index (χ4n) is 3.12. The van der Waals surface area contributed by atoms with Gasteiger partial charge in [0.15, 0.2) is 0 Å². The lowest BCUT2D eigenvalue weighted by Gasteiger charge is -2.27. The van der Waals surface area contributed by atoms with E-state index >= 15 is 0 Å². The summed E-state index contributed by atoms with van der Waals surface area (Å²) in [5.41, 5.74) is 0. The molecule has 104 valence electrons. The molecule has 2 saturated heterocycles. The minimum Gasteiger partial charge on any atom is -0.462 e. The second-order valence-electron chi connectivity index (χ2n) is 5.85. The molecule has 2 heterocycles. The van der Waals surface area contributed by atoms with Gasteiger partial charge in [0.2, 0.25) is 0 Å². The molecule has 18 heavy (non-hydrogen) atoms. The smallest absolute Gasteiger partial charge is 0.310 e. The fraction of sp³-hybridized carbons (Fsp3) is 0.933. The van der Waals surface area contributed by atoms with Crippen molar-refractivity contribution in [2.75, 3.05) is 19.6 Å². The summed E-state index contributed by atoms with van der Waals surface area (Å²) in [6.45, 7) is 5.48. The number of hydrogen-bond donors (Lipinski definition) is 0. The summed E-state index contributed by atoms with van der Waals surface area (Å²) in [6, 6.07) is 0. The van der Waals surface area contributed by atoms with Gasteiger partial charge in [0.25, 0.3) is 0 Å². The summed E-state index contributed by atoms with van der Waals surface area (Å²) in [7, 11) is 0. The maximum absolute atomic E-state index is 11.8. The molecule has 0 bridgehead atoms. The average Bonchev–Trinajstić information content (AvgIpc) is 2.72. The number of carbonyl (C=O) groups excluding carboxylic acids is 1. The van der Waals surface area contributed by atoms with Gasteiger partial charge in [-0.2, -0.15) is 0 Å². The van der Waals surface area contributed by atoms with Crippen LogP contribution in [0.15, 0.2) is 0 Å². The molecular formula is C15H27NO2. The molecule has 2 aliphatic rings. The maximum atomic E-state index is 11.8. The third-order valence-electron chi connectivity index (χ3n) is 4.22. The predicted octanol–water partition coefficient (Wildman–Crippen LogP) is 2.98. The van der Waals surface area contributed by atoms with Crippen LogP contribution in [0, 0.1) is 5.92 Å². The number of hydrogen-bond acceptors (Lipinski definition) is 3. The van der Waals surface area contributed by atoms with Crippen LogP contribution in [-0.4, -0.2) is 36.6 Å². The molecule has 1 unspecified atom stereocenters. The molecule has 0 saturated carbocycles. The quantitative estimate of drug-likeness (QED) is 0.538. The van der Waals surface area contributed by atoms with E-state index in [1.54, 1.807) is 0 Å². The molecule has 0 aromatic heterocycles. The number of unbranched alkanes of at least 4 members (excludes halogenated alkanes) is 2. The summed E-state index contributed by atoms with van der Waals surface area (Å²) in [4.78, 5) is 14.3. The summed E-state index contributed by atoms with van der Waals surface area (Å²) in [6.07, 6.45) is 9.86. The summed E-state index contributed by atoms with van der Waals surface area (Å²) in [5.74, 6) is 0.205. The number of rotatable bonds is 6. The Labute approximate surface area is 111 Å². The van der Waals surface area contributed by atoms with Crippen molar-refractivity contribution in [1.29, 1.82) is 0 Å². The number of likely N-dealkylation sites (tertiary alicyclic amines) is 1. The van der Waals surface area contributed by atoms with Crippen molar-refractivity contribution in [2.24, 2.45) is 5.92 Å². The predicted molar refractivity (Wildman–Crippen MR) is 72.4 cm³/mol. The normalized spacial score (nSPS) is 29.5. The van der Waals surface area contributed by atoms with Crippen LogP contribution in [0.5, 0.6) is 0 Å². The SMILES string of the molecule is CCCCC[C@@H]1CC(CN2CCCCC2)C(=O)O1. The Morgan fingerprint density at radius 2 is 2.00 bits per heavy atom. The number of ether oxygens (including phenoxy) is 1. The van der Waals surface area contributed by atoms with Gasteiger partial charge in [0.1, 0.15) is 6.10 Å². The van der Waals surface area contributed by atoms with Crippen molar-refractivity contribution in [3.05, 3.63) is 0 Å². The highest BCUT2D eigenvalue weighted by molar-refractivity contribution is 5.74. The van der Waals surface area contributed by atoms with E-state index in [9.17, 15) is 4.79 Å². The van der Waals surface area contributed by atoms with Crippen molar-refractivity contribution in [3.63, 3.8) is 0 Å². The van der Waals surface area contributed by atoms with E-state index in [1.165, 1.54) is 51.6 Å². The Morgan fingerprint density at radius 1 is 1.22 bits per heavy atom. The first-order valence-corrected chi connectivity index (χ1v) is 7.72. The molecule has 0 amide bonds. The molecule has 0 spiro atoms. The standard InChI is InChI=1S/C15H27NO2/c1-2-3-5-8-14-11-13(15(17)18-14)12-16-9-6-4-7-10-16/h13-14H,2-12H2,1H3/t13?,14-/m1/s1. The minimum atomic E-state index is 0.0575. The number of carbonyl (C=O) groups is 1. The lowest BCUT2D eigenvalue weighted by molar-refractivity contribution is -0.145. The molecule has 3 nitrogen and oxygen atoms in total. The number of esters is 1. The molecular weight excluding hydrogens is 226 g/mol. The summed E-state index contributed by atoms with van der Waals surface area (Å²) >= 11 is 0. The molecule has 2 rings (SSSR count). The van der Waals surface area contributed by atoms with E-state index in [4.69, 9.17) is 4.74 Å². The monoisotopic (exact) mass is 253 g/mol. The van der Waals surface area contributed by atoms with E-state index in [2.05, 4.69) is 11.8 Å². The third-order valence-corrected chi connectivity index (χ3v) is 4.22. The van der Waals surface area contributed by atoms with Gasteiger partial charge in [-0.3, -0.25) is 4.79 Å². The van der Waals surface area contributed by atoms with Gasteiger partial charge in [-0.05, 0) is 45.2 Å². The molecule has 0 aliphatic carbocycles. The van der Waals surface area contributed by atoms with Crippen molar-refractivity contribution >= 4 is 5.97 Å². The Kier molecular flexibility index (Phi) is 5.48. The van der Waals surface area contributed by atoms with Gasteiger partial charge in [-0.25, -0.2) is 0 Å². The first-order valence-electron chi connectivity index (χ1n) is 7.72. The Morgan fingerprint density at radius 3 is 2.72 bits per heavy atom. The first-order chi connectivity index (χ1) is 8.79. The number of piperidine rings is 1. The van der Waals surface area contributed by atoms with Crippen LogP contribution in [0.1, 0.15) is 58.3 Å². The average molecular weight is 253 g/mol. The van der Waals surface area contributed by atoms with Gasteiger partial charge < -0.3 is 9.64 Å².